The molecule has 2 rings (SSSR count). The van der Waals surface area contributed by atoms with Crippen molar-refractivity contribution in [3.8, 4) is 0 Å². The molecule has 0 amide bonds. The molecule has 0 aliphatic heterocycles. The number of fused-ring (bicyclic) bond motifs is 1. The van der Waals surface area contributed by atoms with E-state index in [1.54, 1.807) is 16.9 Å². The molecule has 14 heavy (non-hydrogen) atoms. The van der Waals surface area contributed by atoms with Gasteiger partial charge in [-0.25, -0.2) is 4.39 Å². The van der Waals surface area contributed by atoms with Gasteiger partial charge in [-0.15, -0.1) is 0 Å². The lowest BCUT2D eigenvalue weighted by Gasteiger charge is -2.07. The van der Waals surface area contributed by atoms with E-state index in [0.29, 0.717) is 0 Å². The van der Waals surface area contributed by atoms with Gasteiger partial charge >= 0.3 is 0 Å². The van der Waals surface area contributed by atoms with Crippen molar-refractivity contribution in [3.05, 3.63) is 29.7 Å². The van der Waals surface area contributed by atoms with Gasteiger partial charge in [-0.2, -0.15) is 5.10 Å². The van der Waals surface area contributed by atoms with Crippen molar-refractivity contribution in [3.63, 3.8) is 0 Å². The number of rotatable bonds is 1. The minimum Gasteiger partial charge on any atom is -0.268 e. The van der Waals surface area contributed by atoms with E-state index in [1.807, 2.05) is 27.0 Å². The van der Waals surface area contributed by atoms with Crippen molar-refractivity contribution < 1.29 is 4.39 Å². The van der Waals surface area contributed by atoms with Crippen LogP contribution in [0.1, 0.15) is 25.3 Å². The fourth-order valence-corrected chi connectivity index (χ4v) is 1.63. The summed E-state index contributed by atoms with van der Waals surface area (Å²) in [5, 5.41) is 4.94. The molecule has 0 N–H and O–H groups in total. The largest absolute Gasteiger partial charge is 0.268 e. The van der Waals surface area contributed by atoms with Crippen LogP contribution >= 0.6 is 0 Å². The summed E-state index contributed by atoms with van der Waals surface area (Å²) in [6.07, 6.45) is 1.68. The van der Waals surface area contributed by atoms with Gasteiger partial charge in [0.1, 0.15) is 5.82 Å². The van der Waals surface area contributed by atoms with Crippen molar-refractivity contribution in [1.29, 1.82) is 0 Å². The SMILES string of the molecule is CC(C)c1cc2c(cnn2C)cc1F. The summed E-state index contributed by atoms with van der Waals surface area (Å²) >= 11 is 0. The fraction of sp³-hybridized carbons (Fsp3) is 0.364. The average Bonchev–Trinajstić information content (AvgIpc) is 2.46. The second-order valence-electron chi connectivity index (χ2n) is 3.86. The molecule has 0 atom stereocenters. The summed E-state index contributed by atoms with van der Waals surface area (Å²) in [4.78, 5) is 0. The zero-order chi connectivity index (χ0) is 10.3. The predicted molar refractivity (Wildman–Crippen MR) is 54.8 cm³/mol. The molecule has 74 valence electrons. The molecular formula is C11H13FN2. The Morgan fingerprint density at radius 1 is 1.36 bits per heavy atom. The maximum Gasteiger partial charge on any atom is 0.127 e. The first kappa shape index (κ1) is 9.19. The average molecular weight is 192 g/mol. The molecule has 0 aliphatic carbocycles. The van der Waals surface area contributed by atoms with E-state index in [-0.39, 0.29) is 11.7 Å². The Morgan fingerprint density at radius 3 is 2.71 bits per heavy atom. The van der Waals surface area contributed by atoms with Gasteiger partial charge in [-0.1, -0.05) is 13.8 Å². The monoisotopic (exact) mass is 192 g/mol. The molecule has 1 heterocycles. The lowest BCUT2D eigenvalue weighted by atomic mass is 10.0. The number of benzene rings is 1. The van der Waals surface area contributed by atoms with Crippen LogP contribution in [0.5, 0.6) is 0 Å². The van der Waals surface area contributed by atoms with Crippen LogP contribution < -0.4 is 0 Å². The molecule has 2 nitrogen and oxygen atoms in total. The Bertz CT molecular complexity index is 471. The maximum atomic E-state index is 13.5. The van der Waals surface area contributed by atoms with E-state index in [2.05, 4.69) is 5.10 Å². The maximum absolute atomic E-state index is 13.5. The number of aromatic nitrogens is 2. The van der Waals surface area contributed by atoms with Gasteiger partial charge < -0.3 is 0 Å². The molecule has 0 bridgehead atoms. The number of nitrogens with zero attached hydrogens (tertiary/aromatic N) is 2. The summed E-state index contributed by atoms with van der Waals surface area (Å²) in [5.41, 5.74) is 1.73. The third-order valence-electron chi connectivity index (χ3n) is 2.49. The molecule has 0 saturated carbocycles. The third-order valence-corrected chi connectivity index (χ3v) is 2.49. The van der Waals surface area contributed by atoms with E-state index in [1.165, 1.54) is 0 Å². The van der Waals surface area contributed by atoms with E-state index < -0.39 is 0 Å². The van der Waals surface area contributed by atoms with Crippen LogP contribution in [0.4, 0.5) is 4.39 Å². The van der Waals surface area contributed by atoms with Gasteiger partial charge in [0.05, 0.1) is 11.7 Å². The molecule has 0 unspecified atom stereocenters. The Morgan fingerprint density at radius 2 is 2.07 bits per heavy atom. The standard InChI is InChI=1S/C11H13FN2/c1-7(2)9-5-11-8(4-10(9)12)6-13-14(11)3/h4-7H,1-3H3. The van der Waals surface area contributed by atoms with Gasteiger partial charge in [0.2, 0.25) is 0 Å². The molecule has 1 aromatic carbocycles. The molecule has 3 heteroatoms. The topological polar surface area (TPSA) is 17.8 Å². The van der Waals surface area contributed by atoms with Crippen LogP contribution in [0, 0.1) is 5.82 Å². The quantitative estimate of drug-likeness (QED) is 0.679. The summed E-state index contributed by atoms with van der Waals surface area (Å²) in [6.45, 7) is 3.97. The zero-order valence-electron chi connectivity index (χ0n) is 8.58. The number of aryl methyl sites for hydroxylation is 1. The van der Waals surface area contributed by atoms with Crippen molar-refractivity contribution >= 4 is 10.9 Å². The van der Waals surface area contributed by atoms with Gasteiger partial charge in [-0.05, 0) is 23.6 Å². The van der Waals surface area contributed by atoms with Crippen LogP contribution in [0.15, 0.2) is 18.3 Å². The number of hydrogen-bond acceptors (Lipinski definition) is 1. The van der Waals surface area contributed by atoms with Crippen molar-refractivity contribution in [2.24, 2.45) is 7.05 Å². The summed E-state index contributed by atoms with van der Waals surface area (Å²) in [5.74, 6) is 0.0646. The molecule has 0 aliphatic rings. The highest BCUT2D eigenvalue weighted by Crippen LogP contribution is 2.24. The Kier molecular flexibility index (Phi) is 2.02. The Labute approximate surface area is 82.3 Å². The predicted octanol–water partition coefficient (Wildman–Crippen LogP) is 2.84. The molecular weight excluding hydrogens is 179 g/mol. The minimum absolute atomic E-state index is 0.138. The van der Waals surface area contributed by atoms with E-state index in [0.717, 1.165) is 16.5 Å². The second kappa shape index (κ2) is 3.08. The highest BCUT2D eigenvalue weighted by atomic mass is 19.1. The number of halogens is 1. The van der Waals surface area contributed by atoms with E-state index >= 15 is 0 Å². The van der Waals surface area contributed by atoms with Crippen LogP contribution in [0.2, 0.25) is 0 Å². The van der Waals surface area contributed by atoms with Gasteiger partial charge in [0.15, 0.2) is 0 Å². The van der Waals surface area contributed by atoms with Crippen molar-refractivity contribution in [2.75, 3.05) is 0 Å². The third kappa shape index (κ3) is 1.29. The second-order valence-corrected chi connectivity index (χ2v) is 3.86. The van der Waals surface area contributed by atoms with E-state index in [4.69, 9.17) is 0 Å². The summed E-state index contributed by atoms with van der Waals surface area (Å²) in [7, 11) is 1.87. The van der Waals surface area contributed by atoms with Crippen LogP contribution in [-0.4, -0.2) is 9.78 Å². The molecule has 1 aromatic heterocycles. The molecule has 0 radical (unpaired) electrons. The highest BCUT2D eigenvalue weighted by Gasteiger charge is 2.10. The smallest absolute Gasteiger partial charge is 0.127 e. The van der Waals surface area contributed by atoms with Crippen molar-refractivity contribution in [1.82, 2.24) is 9.78 Å². The lowest BCUT2D eigenvalue weighted by Crippen LogP contribution is -1.95. The first-order valence-electron chi connectivity index (χ1n) is 4.70. The van der Waals surface area contributed by atoms with Crippen LogP contribution in [0.3, 0.4) is 0 Å². The molecule has 0 fully saturated rings. The molecule has 0 spiro atoms. The Hall–Kier alpha value is -1.38. The fourth-order valence-electron chi connectivity index (χ4n) is 1.63. The van der Waals surface area contributed by atoms with Gasteiger partial charge in [0.25, 0.3) is 0 Å². The van der Waals surface area contributed by atoms with Gasteiger partial charge in [0, 0.05) is 12.4 Å². The van der Waals surface area contributed by atoms with Gasteiger partial charge in [-0.3, -0.25) is 4.68 Å². The Balaban J connectivity index is 2.74. The van der Waals surface area contributed by atoms with E-state index in [9.17, 15) is 4.39 Å². The van der Waals surface area contributed by atoms with Crippen LogP contribution in [0.25, 0.3) is 10.9 Å². The molecule has 2 aromatic rings. The first-order valence-corrected chi connectivity index (χ1v) is 4.70. The first-order chi connectivity index (χ1) is 6.59. The zero-order valence-corrected chi connectivity index (χ0v) is 8.58. The summed E-state index contributed by atoms with van der Waals surface area (Å²) < 4.78 is 15.3. The summed E-state index contributed by atoms with van der Waals surface area (Å²) in [6, 6.07) is 3.43. The number of hydrogen-bond donors (Lipinski definition) is 0. The minimum atomic E-state index is -0.138. The van der Waals surface area contributed by atoms with Crippen molar-refractivity contribution in [2.45, 2.75) is 19.8 Å². The normalized spacial score (nSPS) is 11.5. The molecule has 0 saturated heterocycles. The lowest BCUT2D eigenvalue weighted by molar-refractivity contribution is 0.600. The highest BCUT2D eigenvalue weighted by molar-refractivity contribution is 5.79. The van der Waals surface area contributed by atoms with Crippen LogP contribution in [-0.2, 0) is 7.05 Å².